The number of rotatable bonds is 5. The topological polar surface area (TPSA) is 46.2 Å². The normalized spacial score (nSPS) is 16.5. The summed E-state index contributed by atoms with van der Waals surface area (Å²) < 4.78 is 53.7. The minimum absolute atomic E-state index is 0.238. The van der Waals surface area contributed by atoms with Gasteiger partial charge in [-0.1, -0.05) is 30.3 Å². The molecule has 1 fully saturated rings. The molecule has 0 radical (unpaired) electrons. The van der Waals surface area contributed by atoms with E-state index < -0.39 is 21.7 Å². The Kier molecular flexibility index (Phi) is 3.97. The predicted octanol–water partition coefficient (Wildman–Crippen LogP) is 3.39. The minimum Gasteiger partial charge on any atom is -0.207 e. The summed E-state index contributed by atoms with van der Waals surface area (Å²) >= 11 is 0. The molecule has 0 heterocycles. The summed E-state index contributed by atoms with van der Waals surface area (Å²) in [6.07, 6.45) is 1.89. The molecule has 2 aromatic carbocycles. The van der Waals surface area contributed by atoms with Crippen molar-refractivity contribution in [2.45, 2.75) is 23.8 Å². The second-order valence-corrected chi connectivity index (χ2v) is 7.14. The molecule has 0 bridgehead atoms. The lowest BCUT2D eigenvalue weighted by molar-refractivity contribution is 0.501. The van der Waals surface area contributed by atoms with E-state index in [4.69, 9.17) is 0 Å². The summed E-state index contributed by atoms with van der Waals surface area (Å²) in [6.45, 7) is 0. The first-order valence-corrected chi connectivity index (χ1v) is 8.48. The van der Waals surface area contributed by atoms with Crippen LogP contribution >= 0.6 is 0 Å². The van der Waals surface area contributed by atoms with Gasteiger partial charge in [-0.2, -0.15) is 0 Å². The summed E-state index contributed by atoms with van der Waals surface area (Å²) in [6, 6.07) is 11.5. The van der Waals surface area contributed by atoms with Crippen molar-refractivity contribution in [3.05, 3.63) is 65.7 Å². The number of benzene rings is 2. The van der Waals surface area contributed by atoms with Crippen LogP contribution in [0, 0.1) is 17.6 Å². The maximum absolute atomic E-state index is 13.3. The minimum atomic E-state index is -3.91. The van der Waals surface area contributed by atoms with E-state index in [-0.39, 0.29) is 16.9 Å². The maximum atomic E-state index is 13.3. The molecular weight excluding hydrogens is 308 g/mol. The van der Waals surface area contributed by atoms with E-state index in [0.29, 0.717) is 6.07 Å². The molecule has 1 aliphatic rings. The van der Waals surface area contributed by atoms with E-state index in [1.807, 2.05) is 30.3 Å². The Bertz CT molecular complexity index is 774. The van der Waals surface area contributed by atoms with Crippen molar-refractivity contribution in [1.29, 1.82) is 0 Å². The van der Waals surface area contributed by atoms with Gasteiger partial charge in [-0.15, -0.1) is 0 Å². The van der Waals surface area contributed by atoms with Gasteiger partial charge >= 0.3 is 0 Å². The van der Waals surface area contributed by atoms with Gasteiger partial charge in [0.1, 0.15) is 0 Å². The summed E-state index contributed by atoms with van der Waals surface area (Å²) in [5.41, 5.74) is 0.871. The van der Waals surface area contributed by atoms with Crippen molar-refractivity contribution in [2.24, 2.45) is 5.92 Å². The van der Waals surface area contributed by atoms with Crippen LogP contribution in [-0.2, 0) is 10.0 Å². The van der Waals surface area contributed by atoms with Crippen molar-refractivity contribution in [3.8, 4) is 0 Å². The Labute approximate surface area is 128 Å². The Hall–Kier alpha value is -1.79. The van der Waals surface area contributed by atoms with E-state index in [9.17, 15) is 17.2 Å². The highest BCUT2D eigenvalue weighted by Crippen LogP contribution is 2.41. The van der Waals surface area contributed by atoms with Crippen LogP contribution in [0.4, 0.5) is 8.78 Å². The van der Waals surface area contributed by atoms with Crippen molar-refractivity contribution >= 4 is 10.0 Å². The number of sulfonamides is 1. The van der Waals surface area contributed by atoms with Gasteiger partial charge in [0, 0.05) is 6.04 Å². The molecule has 116 valence electrons. The highest BCUT2D eigenvalue weighted by Gasteiger charge is 2.35. The van der Waals surface area contributed by atoms with Gasteiger partial charge < -0.3 is 0 Å². The zero-order valence-corrected chi connectivity index (χ0v) is 12.5. The van der Waals surface area contributed by atoms with E-state index in [1.165, 1.54) is 0 Å². The molecule has 3 nitrogen and oxygen atoms in total. The highest BCUT2D eigenvalue weighted by molar-refractivity contribution is 7.89. The number of halogens is 2. The molecular formula is C16H15F2NO2S. The van der Waals surface area contributed by atoms with Crippen molar-refractivity contribution in [2.75, 3.05) is 0 Å². The molecule has 0 aromatic heterocycles. The molecule has 1 saturated carbocycles. The SMILES string of the molecule is O=S(=O)(NC(c1ccccc1)C1CC1)c1ccc(F)c(F)c1. The smallest absolute Gasteiger partial charge is 0.207 e. The third kappa shape index (κ3) is 3.18. The van der Waals surface area contributed by atoms with Crippen LogP contribution < -0.4 is 4.72 Å². The van der Waals surface area contributed by atoms with Crippen LogP contribution in [0.15, 0.2) is 53.4 Å². The average Bonchev–Trinajstić information content (AvgIpc) is 3.33. The first-order valence-electron chi connectivity index (χ1n) is 7.00. The Morgan fingerprint density at radius 2 is 1.68 bits per heavy atom. The van der Waals surface area contributed by atoms with Gasteiger partial charge in [-0.05, 0) is 42.5 Å². The first-order chi connectivity index (χ1) is 10.5. The molecule has 3 rings (SSSR count). The highest BCUT2D eigenvalue weighted by atomic mass is 32.2. The van der Waals surface area contributed by atoms with E-state index >= 15 is 0 Å². The summed E-state index contributed by atoms with van der Waals surface area (Å²) in [5, 5.41) is 0. The lowest BCUT2D eigenvalue weighted by atomic mass is 10.0. The molecule has 1 N–H and O–H groups in total. The van der Waals surface area contributed by atoms with Crippen molar-refractivity contribution in [1.82, 2.24) is 4.72 Å². The predicted molar refractivity (Wildman–Crippen MR) is 78.6 cm³/mol. The molecule has 0 aliphatic heterocycles. The number of nitrogens with one attached hydrogen (secondary N) is 1. The number of hydrogen-bond donors (Lipinski definition) is 1. The van der Waals surface area contributed by atoms with Crippen LogP contribution in [0.1, 0.15) is 24.4 Å². The second kappa shape index (κ2) is 5.78. The molecule has 22 heavy (non-hydrogen) atoms. The molecule has 1 atom stereocenters. The largest absolute Gasteiger partial charge is 0.241 e. The molecule has 0 spiro atoms. The van der Waals surface area contributed by atoms with Crippen molar-refractivity contribution in [3.63, 3.8) is 0 Å². The standard InChI is InChI=1S/C16H15F2NO2S/c17-14-9-8-13(10-15(14)18)22(20,21)19-16(12-6-7-12)11-4-2-1-3-5-11/h1-5,8-10,12,16,19H,6-7H2. The van der Waals surface area contributed by atoms with Crippen LogP contribution in [-0.4, -0.2) is 8.42 Å². The Morgan fingerprint density at radius 1 is 1.00 bits per heavy atom. The van der Waals surface area contributed by atoms with E-state index in [2.05, 4.69) is 4.72 Å². The summed E-state index contributed by atoms with van der Waals surface area (Å²) in [5.74, 6) is -2.01. The fourth-order valence-electron chi connectivity index (χ4n) is 2.41. The summed E-state index contributed by atoms with van der Waals surface area (Å²) in [4.78, 5) is -0.270. The molecule has 6 heteroatoms. The second-order valence-electron chi connectivity index (χ2n) is 5.42. The van der Waals surface area contributed by atoms with Crippen LogP contribution in [0.2, 0.25) is 0 Å². The fourth-order valence-corrected chi connectivity index (χ4v) is 3.71. The fraction of sp³-hybridized carbons (Fsp3) is 0.250. The Morgan fingerprint density at radius 3 is 2.27 bits per heavy atom. The molecule has 1 aliphatic carbocycles. The van der Waals surface area contributed by atoms with Crippen LogP contribution in [0.25, 0.3) is 0 Å². The van der Waals surface area contributed by atoms with Crippen molar-refractivity contribution < 1.29 is 17.2 Å². The van der Waals surface area contributed by atoms with Gasteiger partial charge in [-0.3, -0.25) is 0 Å². The zero-order chi connectivity index (χ0) is 15.7. The van der Waals surface area contributed by atoms with Gasteiger partial charge in [0.15, 0.2) is 11.6 Å². The average molecular weight is 323 g/mol. The van der Waals surface area contributed by atoms with E-state index in [1.54, 1.807) is 0 Å². The van der Waals surface area contributed by atoms with E-state index in [0.717, 1.165) is 30.5 Å². The molecule has 0 amide bonds. The monoisotopic (exact) mass is 323 g/mol. The Balaban J connectivity index is 1.90. The lowest BCUT2D eigenvalue weighted by Crippen LogP contribution is -2.30. The third-order valence-electron chi connectivity index (χ3n) is 3.74. The molecule has 2 aromatic rings. The lowest BCUT2D eigenvalue weighted by Gasteiger charge is -2.19. The summed E-state index contributed by atoms with van der Waals surface area (Å²) in [7, 11) is -3.91. The first kappa shape index (κ1) is 15.1. The van der Waals surface area contributed by atoms with Gasteiger partial charge in [-0.25, -0.2) is 21.9 Å². The molecule has 0 saturated heterocycles. The third-order valence-corrected chi connectivity index (χ3v) is 5.17. The molecule has 1 unspecified atom stereocenters. The quantitative estimate of drug-likeness (QED) is 0.917. The van der Waals surface area contributed by atoms with Gasteiger partial charge in [0.2, 0.25) is 10.0 Å². The van der Waals surface area contributed by atoms with Crippen LogP contribution in [0.3, 0.4) is 0 Å². The number of hydrogen-bond acceptors (Lipinski definition) is 2. The van der Waals surface area contributed by atoms with Crippen LogP contribution in [0.5, 0.6) is 0 Å². The zero-order valence-electron chi connectivity index (χ0n) is 11.7. The van der Waals surface area contributed by atoms with Gasteiger partial charge in [0.05, 0.1) is 4.90 Å². The van der Waals surface area contributed by atoms with Gasteiger partial charge in [0.25, 0.3) is 0 Å². The maximum Gasteiger partial charge on any atom is 0.241 e.